The molecular formula is C11H14N2OS. The Morgan fingerprint density at radius 1 is 1.47 bits per heavy atom. The Bertz CT molecular complexity index is 459. The molecule has 2 aromatic heterocycles. The zero-order valence-electron chi connectivity index (χ0n) is 8.91. The van der Waals surface area contributed by atoms with Crippen molar-refractivity contribution in [1.82, 2.24) is 4.98 Å². The zero-order valence-corrected chi connectivity index (χ0v) is 9.73. The van der Waals surface area contributed by atoms with Crippen molar-refractivity contribution < 1.29 is 4.42 Å². The van der Waals surface area contributed by atoms with Crippen molar-refractivity contribution in [3.63, 3.8) is 0 Å². The van der Waals surface area contributed by atoms with Gasteiger partial charge in [-0.15, -0.1) is 11.3 Å². The number of hydrogen-bond donors (Lipinski definition) is 1. The molecule has 2 aromatic rings. The summed E-state index contributed by atoms with van der Waals surface area (Å²) in [5.41, 5.74) is 7.74. The van der Waals surface area contributed by atoms with Crippen LogP contribution in [0.3, 0.4) is 0 Å². The third kappa shape index (κ3) is 1.96. The van der Waals surface area contributed by atoms with Crippen molar-refractivity contribution in [2.75, 3.05) is 6.54 Å². The molecule has 0 aromatic carbocycles. The van der Waals surface area contributed by atoms with Gasteiger partial charge in [0.25, 0.3) is 0 Å². The highest BCUT2D eigenvalue weighted by Crippen LogP contribution is 2.30. The van der Waals surface area contributed by atoms with Crippen LogP contribution in [-0.2, 0) is 6.42 Å². The largest absolute Gasteiger partial charge is 0.462 e. The average Bonchev–Trinajstić information content (AvgIpc) is 2.75. The lowest BCUT2D eigenvalue weighted by Gasteiger charge is -1.91. The summed E-state index contributed by atoms with van der Waals surface area (Å²) in [4.78, 5) is 5.75. The van der Waals surface area contributed by atoms with Gasteiger partial charge in [0.1, 0.15) is 0 Å². The van der Waals surface area contributed by atoms with Crippen LogP contribution in [0.1, 0.15) is 16.1 Å². The molecule has 2 heterocycles. The SMILES string of the molecule is Cc1ccoc1-c1nc(C)c(CCN)s1. The zero-order chi connectivity index (χ0) is 10.8. The number of thiazole rings is 1. The van der Waals surface area contributed by atoms with E-state index >= 15 is 0 Å². The van der Waals surface area contributed by atoms with Gasteiger partial charge in [-0.3, -0.25) is 0 Å². The van der Waals surface area contributed by atoms with Crippen molar-refractivity contribution in [3.05, 3.63) is 28.5 Å². The maximum atomic E-state index is 5.54. The van der Waals surface area contributed by atoms with E-state index in [0.717, 1.165) is 28.4 Å². The molecule has 0 saturated heterocycles. The summed E-state index contributed by atoms with van der Waals surface area (Å²) in [5.74, 6) is 0.881. The summed E-state index contributed by atoms with van der Waals surface area (Å²) < 4.78 is 5.41. The molecule has 2 N–H and O–H groups in total. The molecule has 0 atom stereocenters. The summed E-state index contributed by atoms with van der Waals surface area (Å²) in [6, 6.07) is 1.95. The highest BCUT2D eigenvalue weighted by atomic mass is 32.1. The molecule has 0 spiro atoms. The fourth-order valence-corrected chi connectivity index (χ4v) is 2.61. The standard InChI is InChI=1S/C11H14N2OS/c1-7-4-6-14-10(7)11-13-8(2)9(15-11)3-5-12/h4,6H,3,5,12H2,1-2H3. The molecular weight excluding hydrogens is 208 g/mol. The van der Waals surface area contributed by atoms with Gasteiger partial charge in [0, 0.05) is 4.88 Å². The average molecular weight is 222 g/mol. The Morgan fingerprint density at radius 3 is 2.87 bits per heavy atom. The fourth-order valence-electron chi connectivity index (χ4n) is 1.48. The maximum absolute atomic E-state index is 5.54. The van der Waals surface area contributed by atoms with E-state index in [0.29, 0.717) is 6.54 Å². The topological polar surface area (TPSA) is 52.0 Å². The lowest BCUT2D eigenvalue weighted by Crippen LogP contribution is -2.01. The molecule has 0 fully saturated rings. The number of nitrogens with zero attached hydrogens (tertiary/aromatic N) is 1. The van der Waals surface area contributed by atoms with E-state index in [1.54, 1.807) is 17.6 Å². The summed E-state index contributed by atoms with van der Waals surface area (Å²) >= 11 is 1.67. The Balaban J connectivity index is 2.38. The van der Waals surface area contributed by atoms with Crippen LogP contribution >= 0.6 is 11.3 Å². The molecule has 0 unspecified atom stereocenters. The molecule has 0 radical (unpaired) electrons. The number of furan rings is 1. The minimum Gasteiger partial charge on any atom is -0.462 e. The van der Waals surface area contributed by atoms with Crippen LogP contribution < -0.4 is 5.73 Å². The van der Waals surface area contributed by atoms with Crippen LogP contribution in [0.25, 0.3) is 10.8 Å². The van der Waals surface area contributed by atoms with Crippen molar-refractivity contribution in [3.8, 4) is 10.8 Å². The van der Waals surface area contributed by atoms with E-state index in [9.17, 15) is 0 Å². The quantitative estimate of drug-likeness (QED) is 0.868. The Labute approximate surface area is 92.9 Å². The van der Waals surface area contributed by atoms with Crippen molar-refractivity contribution in [1.29, 1.82) is 0 Å². The first-order valence-electron chi connectivity index (χ1n) is 4.93. The third-order valence-electron chi connectivity index (χ3n) is 2.32. The molecule has 0 aliphatic heterocycles. The normalized spacial score (nSPS) is 10.9. The van der Waals surface area contributed by atoms with Crippen molar-refractivity contribution in [2.24, 2.45) is 5.73 Å². The van der Waals surface area contributed by atoms with Gasteiger partial charge >= 0.3 is 0 Å². The maximum Gasteiger partial charge on any atom is 0.165 e. The molecule has 2 rings (SSSR count). The highest BCUT2D eigenvalue weighted by molar-refractivity contribution is 7.15. The summed E-state index contributed by atoms with van der Waals surface area (Å²) in [5, 5.41) is 0.957. The van der Waals surface area contributed by atoms with E-state index in [1.165, 1.54) is 4.88 Å². The number of hydrogen-bond acceptors (Lipinski definition) is 4. The fraction of sp³-hybridized carbons (Fsp3) is 0.364. The second-order valence-electron chi connectivity index (χ2n) is 3.50. The van der Waals surface area contributed by atoms with Crippen LogP contribution in [-0.4, -0.2) is 11.5 Å². The number of rotatable bonds is 3. The van der Waals surface area contributed by atoms with Crippen LogP contribution in [0.5, 0.6) is 0 Å². The van der Waals surface area contributed by atoms with E-state index in [2.05, 4.69) is 4.98 Å². The van der Waals surface area contributed by atoms with Crippen LogP contribution in [0.4, 0.5) is 0 Å². The molecule has 0 aliphatic rings. The van der Waals surface area contributed by atoms with Crippen molar-refractivity contribution in [2.45, 2.75) is 20.3 Å². The minimum atomic E-state index is 0.666. The molecule has 0 aliphatic carbocycles. The first-order chi connectivity index (χ1) is 7.22. The van der Waals surface area contributed by atoms with E-state index < -0.39 is 0 Å². The predicted molar refractivity (Wildman–Crippen MR) is 62.0 cm³/mol. The lowest BCUT2D eigenvalue weighted by molar-refractivity contribution is 0.580. The minimum absolute atomic E-state index is 0.666. The third-order valence-corrected chi connectivity index (χ3v) is 3.54. The van der Waals surface area contributed by atoms with Crippen LogP contribution in [0.2, 0.25) is 0 Å². The molecule has 3 nitrogen and oxygen atoms in total. The van der Waals surface area contributed by atoms with Gasteiger partial charge in [-0.05, 0) is 38.4 Å². The predicted octanol–water partition coefficient (Wildman–Crippen LogP) is 2.52. The Kier molecular flexibility index (Phi) is 2.88. The van der Waals surface area contributed by atoms with Crippen molar-refractivity contribution >= 4 is 11.3 Å². The van der Waals surface area contributed by atoms with Gasteiger partial charge in [0.05, 0.1) is 12.0 Å². The first kappa shape index (κ1) is 10.4. The summed E-state index contributed by atoms with van der Waals surface area (Å²) in [6.45, 7) is 4.71. The van der Waals surface area contributed by atoms with Gasteiger partial charge in [-0.1, -0.05) is 0 Å². The molecule has 0 amide bonds. The first-order valence-corrected chi connectivity index (χ1v) is 5.75. The van der Waals surface area contributed by atoms with Crippen LogP contribution in [0, 0.1) is 13.8 Å². The molecule has 0 saturated carbocycles. The Morgan fingerprint density at radius 2 is 2.27 bits per heavy atom. The monoisotopic (exact) mass is 222 g/mol. The smallest absolute Gasteiger partial charge is 0.165 e. The van der Waals surface area contributed by atoms with Gasteiger partial charge in [0.15, 0.2) is 10.8 Å². The molecule has 80 valence electrons. The van der Waals surface area contributed by atoms with E-state index in [-0.39, 0.29) is 0 Å². The molecule has 15 heavy (non-hydrogen) atoms. The lowest BCUT2D eigenvalue weighted by atomic mass is 10.3. The number of aryl methyl sites for hydroxylation is 2. The summed E-state index contributed by atoms with van der Waals surface area (Å²) in [7, 11) is 0. The van der Waals surface area contributed by atoms with Gasteiger partial charge < -0.3 is 10.2 Å². The summed E-state index contributed by atoms with van der Waals surface area (Å²) in [6.07, 6.45) is 2.59. The molecule has 4 heteroatoms. The van der Waals surface area contributed by atoms with Gasteiger partial charge in [-0.25, -0.2) is 4.98 Å². The number of nitrogens with two attached hydrogens (primary N) is 1. The van der Waals surface area contributed by atoms with E-state index in [4.69, 9.17) is 10.2 Å². The van der Waals surface area contributed by atoms with E-state index in [1.807, 2.05) is 19.9 Å². The molecule has 0 bridgehead atoms. The van der Waals surface area contributed by atoms with Gasteiger partial charge in [0.2, 0.25) is 0 Å². The second-order valence-corrected chi connectivity index (χ2v) is 4.58. The Hall–Kier alpha value is -1.13. The van der Waals surface area contributed by atoms with Gasteiger partial charge in [-0.2, -0.15) is 0 Å². The highest BCUT2D eigenvalue weighted by Gasteiger charge is 2.12. The van der Waals surface area contributed by atoms with Crippen LogP contribution in [0.15, 0.2) is 16.7 Å². The second kappa shape index (κ2) is 4.16. The number of aromatic nitrogens is 1.